The quantitative estimate of drug-likeness (QED) is 0.0114. The molecule has 0 aliphatic rings. The number of carbonyl (C=O) groups is 10. The van der Waals surface area contributed by atoms with E-state index in [4.69, 9.17) is 19.9 Å². The number of rotatable bonds is 33. The molecule has 3 amide bonds. The van der Waals surface area contributed by atoms with Crippen LogP contribution in [0.15, 0.2) is 67.0 Å². The normalized spacial score (nSPS) is 13.5. The van der Waals surface area contributed by atoms with E-state index in [2.05, 4.69) is 50.8 Å². The monoisotopic (exact) mass is 1210 g/mol. The number of H-pyrrole nitrogens is 3. The summed E-state index contributed by atoms with van der Waals surface area (Å²) in [5.41, 5.74) is 2.45. The van der Waals surface area contributed by atoms with Crippen molar-refractivity contribution in [1.29, 1.82) is 0 Å². The smallest absolute Gasteiger partial charge is 0.332 e. The molecule has 0 aromatic carbocycles. The maximum absolute atomic E-state index is 13.6. The Bertz CT molecular complexity index is 2580. The van der Waals surface area contributed by atoms with Crippen LogP contribution in [0, 0.1) is 0 Å². The Hall–Kier alpha value is -7.66. The zero-order chi connectivity index (χ0) is 62.9. The second-order valence-electron chi connectivity index (χ2n) is 22.8. The molecule has 27 nitrogen and oxygen atoms in total. The van der Waals surface area contributed by atoms with Crippen LogP contribution in [0.3, 0.4) is 0 Å². The van der Waals surface area contributed by atoms with E-state index < -0.39 is 112 Å². The number of hydrogen-bond acceptors (Lipinski definition) is 20. The Balaban J connectivity index is 0.000000557. The van der Waals surface area contributed by atoms with Gasteiger partial charge in [-0.15, -0.1) is 0 Å². The van der Waals surface area contributed by atoms with Crippen molar-refractivity contribution in [2.24, 2.45) is 5.73 Å². The van der Waals surface area contributed by atoms with Crippen LogP contribution in [-0.2, 0) is 62.2 Å². The molecule has 0 saturated carbocycles. The van der Waals surface area contributed by atoms with E-state index >= 15 is 0 Å². The molecule has 462 valence electrons. The molecule has 3 atom stereocenters. The highest BCUT2D eigenvalue weighted by Crippen LogP contribution is 2.32. The fraction of sp³-hybridized carbons (Fsp3) is 0.564. The molecule has 0 radical (unpaired) electrons. The summed E-state index contributed by atoms with van der Waals surface area (Å²) in [5, 5.41) is 37.8. The summed E-state index contributed by atoms with van der Waals surface area (Å²) in [4.78, 5) is 150. The van der Waals surface area contributed by atoms with Crippen LogP contribution >= 0.6 is 21.6 Å². The molecule has 3 unspecified atom stereocenters. The van der Waals surface area contributed by atoms with E-state index in [0.717, 1.165) is 5.03 Å². The maximum atomic E-state index is 13.6. The van der Waals surface area contributed by atoms with E-state index in [1.54, 1.807) is 80.6 Å². The first-order chi connectivity index (χ1) is 39.2. The van der Waals surface area contributed by atoms with Crippen LogP contribution in [0.5, 0.6) is 0 Å². The number of carbonyl (C=O) groups excluding carboxylic acids is 7. The number of nitrogens with two attached hydrogens (primary N) is 1. The SMILES string of the molecule is CC(C)(C)OC(=O)CCC(N)(CCC(=O)OC(C)(C)C)CC(=O)OC(C)(C)C.O=C(CCC(CCC(=O)NC(C(=O)O)c1cnc[nH]1)(CCC(=O)NC(C(=O)O)c1cnc[nH]1)NC(=O)CCSSc1ccccn1)CC(C(=O)O)c1cnc[nH]1. The van der Waals surface area contributed by atoms with Crippen molar-refractivity contribution in [3.63, 3.8) is 0 Å². The van der Waals surface area contributed by atoms with Crippen molar-refractivity contribution in [3.05, 3.63) is 79.1 Å². The third-order valence-electron chi connectivity index (χ3n) is 11.9. The van der Waals surface area contributed by atoms with Crippen LogP contribution in [0.4, 0.5) is 0 Å². The number of aromatic amines is 3. The lowest BCUT2D eigenvalue weighted by atomic mass is 9.81. The Morgan fingerprint density at radius 1 is 0.571 bits per heavy atom. The van der Waals surface area contributed by atoms with Gasteiger partial charge in [-0.25, -0.2) is 29.5 Å². The fourth-order valence-electron chi connectivity index (χ4n) is 8.07. The van der Waals surface area contributed by atoms with Gasteiger partial charge < -0.3 is 66.2 Å². The van der Waals surface area contributed by atoms with Crippen molar-refractivity contribution in [1.82, 2.24) is 50.8 Å². The minimum atomic E-state index is -1.49. The highest BCUT2D eigenvalue weighted by atomic mass is 33.1. The molecule has 4 aromatic heterocycles. The number of nitrogens with one attached hydrogen (secondary N) is 6. The molecule has 0 saturated heterocycles. The van der Waals surface area contributed by atoms with Gasteiger partial charge >= 0.3 is 35.8 Å². The number of carboxylic acids is 3. The zero-order valence-corrected chi connectivity index (χ0v) is 50.4. The lowest BCUT2D eigenvalue weighted by Gasteiger charge is -2.35. The summed E-state index contributed by atoms with van der Waals surface area (Å²) < 4.78 is 16.0. The minimum Gasteiger partial charge on any atom is -0.481 e. The first kappa shape index (κ1) is 70.6. The van der Waals surface area contributed by atoms with Gasteiger partial charge in [-0.05, 0) is 117 Å². The number of ether oxygens (including phenoxy) is 3. The number of imidazole rings is 3. The fourth-order valence-corrected chi connectivity index (χ4v) is 9.94. The van der Waals surface area contributed by atoms with Crippen molar-refractivity contribution in [2.75, 3.05) is 5.75 Å². The lowest BCUT2D eigenvalue weighted by molar-refractivity contribution is -0.160. The van der Waals surface area contributed by atoms with E-state index in [-0.39, 0.29) is 94.1 Å². The van der Waals surface area contributed by atoms with Gasteiger partial charge in [0.25, 0.3) is 0 Å². The summed E-state index contributed by atoms with van der Waals surface area (Å²) in [6.07, 6.45) is 7.51. The molecule has 4 heterocycles. The van der Waals surface area contributed by atoms with Gasteiger partial charge in [-0.2, -0.15) is 0 Å². The van der Waals surface area contributed by atoms with E-state index in [1.165, 1.54) is 59.2 Å². The van der Waals surface area contributed by atoms with E-state index in [9.17, 15) is 63.3 Å². The molecular weight excluding hydrogens is 1130 g/mol. The number of Topliss-reactive ketones (excluding diaryl/α,β-unsaturated/α-hetero) is 1. The summed E-state index contributed by atoms with van der Waals surface area (Å²) in [6, 6.07) is 2.42. The highest BCUT2D eigenvalue weighted by Gasteiger charge is 2.37. The number of nitrogens with zero attached hydrogens (tertiary/aromatic N) is 4. The third-order valence-corrected chi connectivity index (χ3v) is 14.2. The topological polar surface area (TPSA) is 420 Å². The number of aromatic nitrogens is 7. The summed E-state index contributed by atoms with van der Waals surface area (Å²) in [5.74, 6) is -8.68. The van der Waals surface area contributed by atoms with Crippen LogP contribution in [0.2, 0.25) is 0 Å². The van der Waals surface area contributed by atoms with Gasteiger partial charge in [0, 0.05) is 79.9 Å². The average molecular weight is 1210 g/mol. The number of ketones is 1. The van der Waals surface area contributed by atoms with Crippen molar-refractivity contribution in [2.45, 2.75) is 197 Å². The van der Waals surface area contributed by atoms with Gasteiger partial charge in [-0.1, -0.05) is 16.9 Å². The highest BCUT2D eigenvalue weighted by molar-refractivity contribution is 8.76. The second kappa shape index (κ2) is 33.0. The largest absolute Gasteiger partial charge is 0.481 e. The van der Waals surface area contributed by atoms with Crippen LogP contribution < -0.4 is 21.7 Å². The van der Waals surface area contributed by atoms with Crippen molar-refractivity contribution >= 4 is 80.9 Å². The van der Waals surface area contributed by atoms with Crippen LogP contribution in [-0.4, -0.2) is 143 Å². The molecule has 0 aliphatic carbocycles. The van der Waals surface area contributed by atoms with Gasteiger partial charge in [-0.3, -0.25) is 38.4 Å². The maximum Gasteiger partial charge on any atom is 0.332 e. The van der Waals surface area contributed by atoms with Crippen molar-refractivity contribution in [3.8, 4) is 0 Å². The Morgan fingerprint density at radius 3 is 1.43 bits per heavy atom. The number of carboxylic acid groups (broad SMARTS) is 3. The van der Waals surface area contributed by atoms with Crippen LogP contribution in [0.25, 0.3) is 0 Å². The number of pyridine rings is 1. The van der Waals surface area contributed by atoms with Crippen LogP contribution in [0.1, 0.15) is 181 Å². The predicted octanol–water partition coefficient (Wildman–Crippen LogP) is 5.95. The average Bonchev–Trinajstić information content (AvgIpc) is 4.24. The first-order valence-corrected chi connectivity index (χ1v) is 29.2. The molecule has 4 rings (SSSR count). The molecule has 4 aromatic rings. The molecule has 29 heteroatoms. The molecule has 0 spiro atoms. The summed E-state index contributed by atoms with van der Waals surface area (Å²) in [6.45, 7) is 16.0. The zero-order valence-electron chi connectivity index (χ0n) is 48.7. The minimum absolute atomic E-state index is 0.0265. The number of esters is 3. The molecule has 84 heavy (non-hydrogen) atoms. The first-order valence-electron chi connectivity index (χ1n) is 26.9. The molecule has 11 N–H and O–H groups in total. The molecule has 0 aliphatic heterocycles. The third kappa shape index (κ3) is 28.1. The van der Waals surface area contributed by atoms with Gasteiger partial charge in [0.1, 0.15) is 33.5 Å². The van der Waals surface area contributed by atoms with E-state index in [1.807, 2.05) is 6.07 Å². The van der Waals surface area contributed by atoms with E-state index in [0.29, 0.717) is 5.75 Å². The number of aliphatic carboxylic acids is 3. The molecule has 0 bridgehead atoms. The van der Waals surface area contributed by atoms with Gasteiger partial charge in [0.15, 0.2) is 12.1 Å². The second-order valence-corrected chi connectivity index (χ2v) is 25.2. The number of hydrogen-bond donors (Lipinski definition) is 10. The molecule has 0 fully saturated rings. The number of amides is 3. The summed E-state index contributed by atoms with van der Waals surface area (Å²) in [7, 11) is 2.71. The molecular formula is C55H79N11O16S2. The van der Waals surface area contributed by atoms with Gasteiger partial charge in [0.2, 0.25) is 17.7 Å². The Kier molecular flexibility index (Phi) is 27.7. The standard InChI is InChI=1S/C34H40N10O10S2.C21H39NO6/c45-20(13-21(31(49)50)22-14-35-17-39-22)4-8-34(44-27(48)7-12-55-56-28-3-1-2-11-38-28,9-5-25(46)42-29(32(51)52)23-15-36-18-40-23)10-6-26(47)43-30(33(53)54)24-16-37-19-41-24;1-18(2,3)26-15(23)10-12-21(22,14-17(25)28-20(7,8)9)13-11-16(24)27-19(4,5)6/h1-3,11,14-19,21,29-30H,4-10,12-13H2,(H,35,39)(H,36,40)(H,37,41)(H,42,46)(H,43,47)(H,44,48)(H,49,50)(H,51,52)(H,53,54);10-14,22H2,1-9H3. The predicted molar refractivity (Wildman–Crippen MR) is 306 cm³/mol. The van der Waals surface area contributed by atoms with Crippen molar-refractivity contribution < 1.29 is 77.5 Å². The Morgan fingerprint density at radius 2 is 1.02 bits per heavy atom. The lowest BCUT2D eigenvalue weighted by Crippen LogP contribution is -2.50. The Labute approximate surface area is 494 Å². The summed E-state index contributed by atoms with van der Waals surface area (Å²) >= 11 is 0. The van der Waals surface area contributed by atoms with Gasteiger partial charge in [0.05, 0.1) is 49.2 Å².